The second-order valence-electron chi connectivity index (χ2n) is 5.49. The first-order valence-electron chi connectivity index (χ1n) is 7.77. The molecule has 0 bridgehead atoms. The first kappa shape index (κ1) is 17.4. The van der Waals surface area contributed by atoms with E-state index in [4.69, 9.17) is 20.8 Å². The lowest BCUT2D eigenvalue weighted by Gasteiger charge is -2.02. The molecule has 4 heteroatoms. The molecule has 3 rings (SSSR count). The van der Waals surface area contributed by atoms with Crippen LogP contribution in [0.15, 0.2) is 59.0 Å². The fourth-order valence-electron chi connectivity index (χ4n) is 2.65. The molecule has 0 aliphatic rings. The molecule has 0 saturated carbocycles. The van der Waals surface area contributed by atoms with Crippen LogP contribution in [-0.4, -0.2) is 7.11 Å². The maximum atomic E-state index is 6.18. The number of hydrogen-bond donors (Lipinski definition) is 0. The van der Waals surface area contributed by atoms with Gasteiger partial charge in [-0.05, 0) is 58.8 Å². The zero-order valence-electron chi connectivity index (χ0n) is 13.4. The number of aryl methyl sites for hydroxylation is 2. The average molecular weight is 453 g/mol. The summed E-state index contributed by atoms with van der Waals surface area (Å²) in [6.45, 7) is 0. The summed E-state index contributed by atoms with van der Waals surface area (Å²) in [5, 5.41) is 0. The van der Waals surface area contributed by atoms with Gasteiger partial charge in [-0.1, -0.05) is 30.3 Å². The van der Waals surface area contributed by atoms with Gasteiger partial charge in [-0.3, -0.25) is 0 Å². The van der Waals surface area contributed by atoms with E-state index in [1.807, 2.05) is 30.3 Å². The van der Waals surface area contributed by atoms with E-state index in [-0.39, 0.29) is 0 Å². The van der Waals surface area contributed by atoms with Crippen LogP contribution >= 0.6 is 34.2 Å². The lowest BCUT2D eigenvalue weighted by atomic mass is 10.1. The first-order chi connectivity index (χ1) is 11.7. The zero-order chi connectivity index (χ0) is 16.9. The molecule has 124 valence electrons. The molecule has 0 saturated heterocycles. The normalized spacial score (nSPS) is 10.8. The monoisotopic (exact) mass is 452 g/mol. The summed E-state index contributed by atoms with van der Waals surface area (Å²) in [6, 6.07) is 18.3. The summed E-state index contributed by atoms with van der Waals surface area (Å²) in [5.41, 5.74) is 3.44. The van der Waals surface area contributed by atoms with Gasteiger partial charge in [0, 0.05) is 17.5 Å². The smallest absolute Gasteiger partial charge is 0.147 e. The van der Waals surface area contributed by atoms with E-state index >= 15 is 0 Å². The van der Waals surface area contributed by atoms with E-state index in [9.17, 15) is 0 Å². The highest BCUT2D eigenvalue weighted by Crippen LogP contribution is 2.35. The minimum atomic E-state index is 0.460. The fraction of sp³-hybridized carbons (Fsp3) is 0.200. The van der Waals surface area contributed by atoms with Gasteiger partial charge in [-0.25, -0.2) is 0 Å². The van der Waals surface area contributed by atoms with Gasteiger partial charge in [0.2, 0.25) is 0 Å². The maximum Gasteiger partial charge on any atom is 0.147 e. The van der Waals surface area contributed by atoms with Crippen molar-refractivity contribution >= 4 is 34.2 Å². The molecule has 1 aromatic heterocycles. The predicted molar refractivity (Wildman–Crippen MR) is 107 cm³/mol. The Kier molecular flexibility index (Phi) is 5.85. The Morgan fingerprint density at radius 3 is 2.33 bits per heavy atom. The van der Waals surface area contributed by atoms with Crippen LogP contribution in [0.4, 0.5) is 0 Å². The van der Waals surface area contributed by atoms with Gasteiger partial charge >= 0.3 is 0 Å². The largest absolute Gasteiger partial charge is 0.497 e. The van der Waals surface area contributed by atoms with Crippen molar-refractivity contribution in [3.05, 3.63) is 75.1 Å². The number of rotatable bonds is 6. The molecule has 0 amide bonds. The molecule has 1 heterocycles. The summed E-state index contributed by atoms with van der Waals surface area (Å²) in [4.78, 5) is 0. The van der Waals surface area contributed by atoms with Crippen LogP contribution in [-0.2, 0) is 18.7 Å². The van der Waals surface area contributed by atoms with Crippen LogP contribution in [0.25, 0.3) is 11.3 Å². The molecular weight excluding hydrogens is 435 g/mol. The number of benzene rings is 2. The number of halogens is 2. The van der Waals surface area contributed by atoms with Crippen molar-refractivity contribution in [1.82, 2.24) is 0 Å². The van der Waals surface area contributed by atoms with Gasteiger partial charge in [0.1, 0.15) is 17.3 Å². The molecule has 24 heavy (non-hydrogen) atoms. The van der Waals surface area contributed by atoms with Crippen LogP contribution < -0.4 is 4.74 Å². The third-order valence-electron chi connectivity index (χ3n) is 4.00. The third-order valence-corrected chi connectivity index (χ3v) is 5.40. The van der Waals surface area contributed by atoms with E-state index in [0.29, 0.717) is 5.88 Å². The number of methoxy groups -OCH3 is 1. The fourth-order valence-corrected chi connectivity index (χ4v) is 4.08. The van der Waals surface area contributed by atoms with Crippen LogP contribution in [0, 0.1) is 3.57 Å². The Balaban J connectivity index is 1.87. The van der Waals surface area contributed by atoms with E-state index in [0.717, 1.165) is 44.8 Å². The van der Waals surface area contributed by atoms with Gasteiger partial charge in [0.05, 0.1) is 16.6 Å². The predicted octanol–water partition coefficient (Wildman–Crippen LogP) is 6.08. The maximum absolute atomic E-state index is 6.18. The minimum Gasteiger partial charge on any atom is -0.497 e. The van der Waals surface area contributed by atoms with Crippen molar-refractivity contribution in [1.29, 1.82) is 0 Å². The van der Waals surface area contributed by atoms with Crippen LogP contribution in [0.5, 0.6) is 5.75 Å². The van der Waals surface area contributed by atoms with Gasteiger partial charge in [-0.15, -0.1) is 11.6 Å². The van der Waals surface area contributed by atoms with Crippen molar-refractivity contribution in [3.63, 3.8) is 0 Å². The molecule has 0 spiro atoms. The number of ether oxygens (including phenoxy) is 1. The molecule has 0 radical (unpaired) electrons. The van der Waals surface area contributed by atoms with Gasteiger partial charge in [-0.2, -0.15) is 0 Å². The zero-order valence-corrected chi connectivity index (χ0v) is 16.3. The standard InChI is InChI=1S/C20H18ClIO2/c1-23-16-10-8-15(9-11-16)20-19(22)17(13-21)18(24-20)12-7-14-5-3-2-4-6-14/h2-6,8-11H,7,12-13H2,1H3. The molecule has 0 aliphatic heterocycles. The minimum absolute atomic E-state index is 0.460. The molecule has 0 N–H and O–H groups in total. The van der Waals surface area contributed by atoms with Gasteiger partial charge in [0.15, 0.2) is 0 Å². The SMILES string of the molecule is COc1ccc(-c2oc(CCc3ccccc3)c(CCl)c2I)cc1. The molecular formula is C20H18ClIO2. The lowest BCUT2D eigenvalue weighted by molar-refractivity contribution is 0.415. The molecule has 0 unspecified atom stereocenters. The van der Waals surface area contributed by atoms with Crippen LogP contribution in [0.1, 0.15) is 16.9 Å². The summed E-state index contributed by atoms with van der Waals surface area (Å²) >= 11 is 8.51. The summed E-state index contributed by atoms with van der Waals surface area (Å²) in [5.74, 6) is 3.16. The molecule has 0 fully saturated rings. The van der Waals surface area contributed by atoms with Crippen molar-refractivity contribution in [3.8, 4) is 17.1 Å². The summed E-state index contributed by atoms with van der Waals surface area (Å²) < 4.78 is 12.5. The van der Waals surface area contributed by atoms with E-state index in [1.54, 1.807) is 7.11 Å². The highest BCUT2D eigenvalue weighted by atomic mass is 127. The number of furan rings is 1. The quantitative estimate of drug-likeness (QED) is 0.334. The van der Waals surface area contributed by atoms with Gasteiger partial charge < -0.3 is 9.15 Å². The first-order valence-corrected chi connectivity index (χ1v) is 9.38. The molecule has 2 nitrogen and oxygen atoms in total. The average Bonchev–Trinajstić information content (AvgIpc) is 2.96. The second kappa shape index (κ2) is 8.08. The number of hydrogen-bond acceptors (Lipinski definition) is 2. The molecule has 3 aromatic rings. The lowest BCUT2D eigenvalue weighted by Crippen LogP contribution is -1.93. The van der Waals surface area contributed by atoms with Crippen molar-refractivity contribution < 1.29 is 9.15 Å². The Hall–Kier alpha value is -1.46. The number of alkyl halides is 1. The van der Waals surface area contributed by atoms with E-state index < -0.39 is 0 Å². The van der Waals surface area contributed by atoms with Crippen LogP contribution in [0.2, 0.25) is 0 Å². The van der Waals surface area contributed by atoms with Crippen molar-refractivity contribution in [2.75, 3.05) is 7.11 Å². The van der Waals surface area contributed by atoms with Gasteiger partial charge in [0.25, 0.3) is 0 Å². The van der Waals surface area contributed by atoms with E-state index in [2.05, 4.69) is 46.9 Å². The third kappa shape index (κ3) is 3.78. The molecule has 0 atom stereocenters. The molecule has 0 aliphatic carbocycles. The Morgan fingerprint density at radius 2 is 1.71 bits per heavy atom. The summed E-state index contributed by atoms with van der Waals surface area (Å²) in [7, 11) is 1.67. The highest BCUT2D eigenvalue weighted by molar-refractivity contribution is 14.1. The van der Waals surface area contributed by atoms with E-state index in [1.165, 1.54) is 5.56 Å². The second-order valence-corrected chi connectivity index (χ2v) is 6.84. The van der Waals surface area contributed by atoms with Crippen molar-refractivity contribution in [2.24, 2.45) is 0 Å². The Bertz CT molecular complexity index is 795. The summed E-state index contributed by atoms with van der Waals surface area (Å²) in [6.07, 6.45) is 1.79. The Morgan fingerprint density at radius 1 is 1.00 bits per heavy atom. The highest BCUT2D eigenvalue weighted by Gasteiger charge is 2.18. The Labute approximate surface area is 160 Å². The molecule has 2 aromatic carbocycles. The topological polar surface area (TPSA) is 22.4 Å². The van der Waals surface area contributed by atoms with Crippen LogP contribution in [0.3, 0.4) is 0 Å². The van der Waals surface area contributed by atoms with Crippen molar-refractivity contribution in [2.45, 2.75) is 18.7 Å².